The second-order valence-corrected chi connectivity index (χ2v) is 11.1. The number of aliphatic hydroxyl groups excluding tert-OH is 1. The van der Waals surface area contributed by atoms with Crippen molar-refractivity contribution in [1.82, 2.24) is 10.6 Å². The molecule has 0 aliphatic carbocycles. The number of nitrogens with one attached hydrogen (secondary N) is 2. The van der Waals surface area contributed by atoms with Crippen molar-refractivity contribution < 1.29 is 19.4 Å². The molecule has 0 unspecified atom stereocenters. The molecule has 0 spiro atoms. The molecular formula is C34H36N2O4S. The molecule has 212 valence electrons. The van der Waals surface area contributed by atoms with Crippen molar-refractivity contribution in [1.29, 1.82) is 0 Å². The van der Waals surface area contributed by atoms with E-state index < -0.39 is 6.29 Å². The van der Waals surface area contributed by atoms with Gasteiger partial charge in [-0.1, -0.05) is 84.9 Å². The van der Waals surface area contributed by atoms with Crippen LogP contribution in [0.3, 0.4) is 0 Å². The molecule has 7 heteroatoms. The first kappa shape index (κ1) is 28.9. The van der Waals surface area contributed by atoms with Crippen molar-refractivity contribution in [3.05, 3.63) is 125 Å². The molecule has 6 nitrogen and oxygen atoms in total. The molecule has 0 aromatic heterocycles. The van der Waals surface area contributed by atoms with Crippen LogP contribution in [0.2, 0.25) is 0 Å². The Morgan fingerprint density at radius 2 is 1.59 bits per heavy atom. The molecular weight excluding hydrogens is 532 g/mol. The smallest absolute Gasteiger partial charge is 0.315 e. The van der Waals surface area contributed by atoms with E-state index >= 15 is 0 Å². The van der Waals surface area contributed by atoms with Crippen LogP contribution in [0.25, 0.3) is 11.1 Å². The Labute approximate surface area is 246 Å². The summed E-state index contributed by atoms with van der Waals surface area (Å²) in [6.45, 7) is 2.97. The van der Waals surface area contributed by atoms with Crippen LogP contribution in [0.1, 0.15) is 48.0 Å². The lowest BCUT2D eigenvalue weighted by atomic mass is 9.99. The van der Waals surface area contributed by atoms with E-state index in [2.05, 4.69) is 71.3 Å². The van der Waals surface area contributed by atoms with E-state index in [4.69, 9.17) is 9.47 Å². The standard InChI is InChI=1S/C34H36N2O4S/c1-2-35-34(38)36-21-25-7-6-8-29(19-25)26-15-17-28(18-16-26)33-39-30(23-41-31-9-4-3-5-10-31)20-32(40-33)27-13-11-24(22-37)12-14-27/h3-19,30,32-33,37H,2,20-23H2,1H3,(H2,35,36,38)/t30-,32+,33+/m1/s1. The predicted octanol–water partition coefficient (Wildman–Crippen LogP) is 7.00. The average Bonchev–Trinajstić information content (AvgIpc) is 3.03. The zero-order valence-electron chi connectivity index (χ0n) is 23.2. The number of benzene rings is 4. The van der Waals surface area contributed by atoms with Crippen molar-refractivity contribution in [2.75, 3.05) is 12.3 Å². The summed E-state index contributed by atoms with van der Waals surface area (Å²) < 4.78 is 13.0. The highest BCUT2D eigenvalue weighted by Gasteiger charge is 2.32. The van der Waals surface area contributed by atoms with Gasteiger partial charge in [-0.25, -0.2) is 4.79 Å². The maximum absolute atomic E-state index is 11.8. The second-order valence-electron chi connectivity index (χ2n) is 10.0. The van der Waals surface area contributed by atoms with Crippen LogP contribution >= 0.6 is 11.8 Å². The third kappa shape index (κ3) is 7.99. The number of carbonyl (C=O) groups excluding carboxylic acids is 1. The van der Waals surface area contributed by atoms with E-state index in [1.54, 1.807) is 11.8 Å². The molecule has 1 saturated heterocycles. The Kier molecular flexibility index (Phi) is 10.1. The zero-order chi connectivity index (χ0) is 28.4. The Morgan fingerprint density at radius 1 is 0.829 bits per heavy atom. The minimum atomic E-state index is -0.491. The number of ether oxygens (including phenoxy) is 2. The number of thioether (sulfide) groups is 1. The van der Waals surface area contributed by atoms with Gasteiger partial charge in [-0.2, -0.15) is 0 Å². The maximum atomic E-state index is 11.8. The van der Waals surface area contributed by atoms with E-state index in [9.17, 15) is 9.90 Å². The molecule has 1 fully saturated rings. The highest BCUT2D eigenvalue weighted by atomic mass is 32.2. The van der Waals surface area contributed by atoms with E-state index in [0.717, 1.165) is 45.6 Å². The third-order valence-electron chi connectivity index (χ3n) is 7.03. The van der Waals surface area contributed by atoms with E-state index in [0.29, 0.717) is 13.1 Å². The Bertz CT molecular complexity index is 1400. The van der Waals surface area contributed by atoms with Crippen LogP contribution in [-0.4, -0.2) is 29.5 Å². The van der Waals surface area contributed by atoms with Gasteiger partial charge in [0, 0.05) is 35.7 Å². The topological polar surface area (TPSA) is 79.8 Å². The number of rotatable bonds is 10. The van der Waals surface area contributed by atoms with Crippen LogP contribution < -0.4 is 10.6 Å². The fourth-order valence-electron chi connectivity index (χ4n) is 4.83. The van der Waals surface area contributed by atoms with Crippen molar-refractivity contribution in [2.24, 2.45) is 0 Å². The lowest BCUT2D eigenvalue weighted by molar-refractivity contribution is -0.245. The van der Waals surface area contributed by atoms with Crippen molar-refractivity contribution in [3.8, 4) is 11.1 Å². The summed E-state index contributed by atoms with van der Waals surface area (Å²) in [4.78, 5) is 13.0. The monoisotopic (exact) mass is 568 g/mol. The van der Waals surface area contributed by atoms with Gasteiger partial charge in [-0.3, -0.25) is 0 Å². The first-order chi connectivity index (χ1) is 20.1. The van der Waals surface area contributed by atoms with Gasteiger partial charge in [0.15, 0.2) is 6.29 Å². The molecule has 0 bridgehead atoms. The molecule has 2 amide bonds. The number of aliphatic hydroxyl groups is 1. The van der Waals surface area contributed by atoms with Gasteiger partial charge < -0.3 is 25.2 Å². The number of urea groups is 1. The quantitative estimate of drug-likeness (QED) is 0.180. The van der Waals surface area contributed by atoms with Gasteiger partial charge in [0.2, 0.25) is 0 Å². The average molecular weight is 569 g/mol. The number of hydrogen-bond acceptors (Lipinski definition) is 5. The largest absolute Gasteiger partial charge is 0.392 e. The van der Waals surface area contributed by atoms with Gasteiger partial charge in [0.1, 0.15) is 0 Å². The summed E-state index contributed by atoms with van der Waals surface area (Å²) in [5, 5.41) is 15.1. The number of carbonyl (C=O) groups is 1. The van der Waals surface area contributed by atoms with Gasteiger partial charge in [0.05, 0.1) is 18.8 Å². The van der Waals surface area contributed by atoms with Crippen LogP contribution in [0.4, 0.5) is 4.79 Å². The molecule has 4 aromatic rings. The van der Waals surface area contributed by atoms with Gasteiger partial charge >= 0.3 is 6.03 Å². The number of amides is 2. The summed E-state index contributed by atoms with van der Waals surface area (Å²) >= 11 is 1.79. The highest BCUT2D eigenvalue weighted by Crippen LogP contribution is 2.40. The van der Waals surface area contributed by atoms with Crippen LogP contribution in [0.5, 0.6) is 0 Å². The first-order valence-corrected chi connectivity index (χ1v) is 15.0. The normalized spacial score (nSPS) is 18.5. The third-order valence-corrected chi connectivity index (χ3v) is 8.17. The van der Waals surface area contributed by atoms with Gasteiger partial charge in [-0.05, 0) is 52.9 Å². The van der Waals surface area contributed by atoms with E-state index in [1.165, 1.54) is 4.90 Å². The molecule has 4 aromatic carbocycles. The predicted molar refractivity (Wildman–Crippen MR) is 163 cm³/mol. The molecule has 1 aliphatic heterocycles. The summed E-state index contributed by atoms with van der Waals surface area (Å²) in [6.07, 6.45) is 0.158. The van der Waals surface area contributed by atoms with E-state index in [-0.39, 0.29) is 24.8 Å². The number of hydrogen-bond donors (Lipinski definition) is 3. The SMILES string of the molecule is CCNC(=O)NCc1cccc(-c2ccc([C@H]3O[C@@H](CSc4ccccc4)C[C@@H](c4ccc(CO)cc4)O3)cc2)c1. The van der Waals surface area contributed by atoms with Crippen LogP contribution in [-0.2, 0) is 22.6 Å². The molecule has 3 N–H and O–H groups in total. The molecule has 41 heavy (non-hydrogen) atoms. The summed E-state index contributed by atoms with van der Waals surface area (Å²) in [5.41, 5.74) is 6.13. The molecule has 5 rings (SSSR count). The first-order valence-electron chi connectivity index (χ1n) is 14.0. The van der Waals surface area contributed by atoms with Crippen molar-refractivity contribution in [3.63, 3.8) is 0 Å². The Balaban J connectivity index is 1.31. The van der Waals surface area contributed by atoms with Crippen LogP contribution in [0, 0.1) is 0 Å². The van der Waals surface area contributed by atoms with Crippen molar-refractivity contribution in [2.45, 2.75) is 49.9 Å². The fraction of sp³-hybridized carbons (Fsp3) is 0.265. The summed E-state index contributed by atoms with van der Waals surface area (Å²) in [6, 6.07) is 34.7. The summed E-state index contributed by atoms with van der Waals surface area (Å²) in [5.74, 6) is 0.824. The van der Waals surface area contributed by atoms with Gasteiger partial charge in [0.25, 0.3) is 0 Å². The molecule has 3 atom stereocenters. The van der Waals surface area contributed by atoms with Crippen molar-refractivity contribution >= 4 is 17.8 Å². The molecule has 1 heterocycles. The van der Waals surface area contributed by atoms with Gasteiger partial charge in [-0.15, -0.1) is 11.8 Å². The summed E-state index contributed by atoms with van der Waals surface area (Å²) in [7, 11) is 0. The highest BCUT2D eigenvalue weighted by molar-refractivity contribution is 7.99. The minimum absolute atomic E-state index is 0.00948. The lowest BCUT2D eigenvalue weighted by Crippen LogP contribution is -2.34. The zero-order valence-corrected chi connectivity index (χ0v) is 24.0. The molecule has 1 aliphatic rings. The lowest BCUT2D eigenvalue weighted by Gasteiger charge is -2.36. The second kappa shape index (κ2) is 14.3. The van der Waals surface area contributed by atoms with Crippen LogP contribution in [0.15, 0.2) is 108 Å². The maximum Gasteiger partial charge on any atom is 0.315 e. The molecule has 0 saturated carbocycles. The molecule has 0 radical (unpaired) electrons. The minimum Gasteiger partial charge on any atom is -0.392 e. The fourth-order valence-corrected chi connectivity index (χ4v) is 5.77. The Hall–Kier alpha value is -3.62. The van der Waals surface area contributed by atoms with E-state index in [1.807, 2.05) is 49.4 Å². The Morgan fingerprint density at radius 3 is 2.32 bits per heavy atom.